The minimum absolute atomic E-state index is 0. The van der Waals surface area contributed by atoms with E-state index in [2.05, 4.69) is 0 Å². The van der Waals surface area contributed by atoms with Crippen molar-refractivity contribution in [3.8, 4) is 0 Å². The molecule has 0 aliphatic carbocycles. The van der Waals surface area contributed by atoms with Crippen molar-refractivity contribution in [2.75, 3.05) is 0 Å². The molecule has 0 N–H and O–H groups in total. The molecule has 6 radical (unpaired) electrons. The normalized spacial score (nSPS) is 0. The number of hydrogen-bond acceptors (Lipinski definition) is 0. The predicted octanol–water partition coefficient (Wildman–Crippen LogP) is -1.03. The SMILES string of the molecule is P.P.[Ba].[Ba].[Ba]. The van der Waals surface area contributed by atoms with Crippen LogP contribution in [0.5, 0.6) is 0 Å². The molecule has 2 atom stereocenters. The smallest absolute Gasteiger partial charge is 0 e. The van der Waals surface area contributed by atoms with Gasteiger partial charge in [-0.15, -0.1) is 0 Å². The summed E-state index contributed by atoms with van der Waals surface area (Å²) in [6.07, 6.45) is 0. The summed E-state index contributed by atoms with van der Waals surface area (Å²) in [4.78, 5) is 0. The number of hydrogen-bond donors (Lipinski definition) is 0. The van der Waals surface area contributed by atoms with E-state index in [0.29, 0.717) is 0 Å². The monoisotopic (exact) mass is 482 g/mol. The van der Waals surface area contributed by atoms with Gasteiger partial charge in [0.2, 0.25) is 0 Å². The Morgan fingerprint density at radius 1 is 0.400 bits per heavy atom. The van der Waals surface area contributed by atoms with E-state index >= 15 is 0 Å². The Kier molecular flexibility index (Phi) is 141. The Labute approximate surface area is 161 Å². The zero-order valence-electron chi connectivity index (χ0n) is 3.54. The molecule has 0 spiro atoms. The molecule has 0 bridgehead atoms. The third-order valence-corrected chi connectivity index (χ3v) is 0. The summed E-state index contributed by atoms with van der Waals surface area (Å²) in [5.41, 5.74) is 0. The van der Waals surface area contributed by atoms with Crippen LogP contribution in [0.25, 0.3) is 0 Å². The Balaban J connectivity index is 0. The molecule has 0 fully saturated rings. The van der Waals surface area contributed by atoms with Crippen molar-refractivity contribution in [3.63, 3.8) is 0 Å². The van der Waals surface area contributed by atoms with Gasteiger partial charge >= 0.3 is 0 Å². The van der Waals surface area contributed by atoms with Crippen molar-refractivity contribution >= 4 is 166 Å². The molecule has 0 nitrogen and oxygen atoms in total. The van der Waals surface area contributed by atoms with Crippen LogP contribution in [0.15, 0.2) is 0 Å². The molecular weight excluding hydrogens is 474 g/mol. The van der Waals surface area contributed by atoms with Gasteiger partial charge in [0, 0.05) is 147 Å². The van der Waals surface area contributed by atoms with Crippen molar-refractivity contribution in [2.45, 2.75) is 0 Å². The van der Waals surface area contributed by atoms with E-state index in [1.165, 1.54) is 0 Å². The fraction of sp³-hybridized carbons (Fsp3) is 0. The quantitative estimate of drug-likeness (QED) is 0.308. The summed E-state index contributed by atoms with van der Waals surface area (Å²) >= 11 is 0. The van der Waals surface area contributed by atoms with E-state index in [1.807, 2.05) is 0 Å². The standard InChI is InChI=1S/3Ba.2H3P/h;;;2*1H3. The van der Waals surface area contributed by atoms with E-state index in [-0.39, 0.29) is 166 Å². The Bertz CT molecular complexity index is 4.85. The first-order valence-corrected chi connectivity index (χ1v) is 0. The Hall–Kier alpha value is 5.57. The molecule has 0 aliphatic rings. The van der Waals surface area contributed by atoms with Gasteiger partial charge in [0.25, 0.3) is 0 Å². The fourth-order valence-corrected chi connectivity index (χ4v) is 0. The van der Waals surface area contributed by atoms with Crippen molar-refractivity contribution in [2.24, 2.45) is 0 Å². The predicted molar refractivity (Wildman–Crippen MR) is 39.5 cm³/mol. The van der Waals surface area contributed by atoms with Crippen LogP contribution < -0.4 is 0 Å². The molecule has 0 amide bonds. The van der Waals surface area contributed by atoms with Crippen LogP contribution in [0.1, 0.15) is 0 Å². The first kappa shape index (κ1) is 31.2. The molecule has 0 saturated carbocycles. The van der Waals surface area contributed by atoms with Crippen LogP contribution in [0.3, 0.4) is 0 Å². The van der Waals surface area contributed by atoms with Crippen molar-refractivity contribution < 1.29 is 0 Å². The Morgan fingerprint density at radius 3 is 0.400 bits per heavy atom. The van der Waals surface area contributed by atoms with Gasteiger partial charge in [-0.3, -0.25) is 0 Å². The molecule has 0 aromatic carbocycles. The second kappa shape index (κ2) is 22.7. The zero-order valence-corrected chi connectivity index (χ0v) is 19.7. The van der Waals surface area contributed by atoms with Gasteiger partial charge in [-0.25, -0.2) is 0 Å². The van der Waals surface area contributed by atoms with Gasteiger partial charge < -0.3 is 0 Å². The molecule has 5 heteroatoms. The Morgan fingerprint density at radius 2 is 0.400 bits per heavy atom. The summed E-state index contributed by atoms with van der Waals surface area (Å²) in [6.45, 7) is 0. The van der Waals surface area contributed by atoms with E-state index in [1.54, 1.807) is 0 Å². The topological polar surface area (TPSA) is 0 Å². The maximum atomic E-state index is 0. The molecule has 0 saturated heterocycles. The maximum absolute atomic E-state index is 0. The largest absolute Gasteiger partial charge is 0.153 e. The van der Waals surface area contributed by atoms with Gasteiger partial charge in [0.15, 0.2) is 0 Å². The summed E-state index contributed by atoms with van der Waals surface area (Å²) < 4.78 is 0. The van der Waals surface area contributed by atoms with Gasteiger partial charge in [0.05, 0.1) is 0 Å². The van der Waals surface area contributed by atoms with Crippen molar-refractivity contribution in [1.29, 1.82) is 0 Å². The van der Waals surface area contributed by atoms with E-state index in [9.17, 15) is 0 Å². The van der Waals surface area contributed by atoms with E-state index in [0.717, 1.165) is 0 Å². The van der Waals surface area contributed by atoms with Crippen LogP contribution in [0.4, 0.5) is 0 Å². The van der Waals surface area contributed by atoms with Crippen LogP contribution in [-0.4, -0.2) is 147 Å². The maximum Gasteiger partial charge on any atom is 0 e. The molecule has 0 heterocycles. The van der Waals surface area contributed by atoms with Gasteiger partial charge in [0.1, 0.15) is 0 Å². The molecule has 0 rings (SSSR count). The first-order chi connectivity index (χ1) is 0. The van der Waals surface area contributed by atoms with E-state index in [4.69, 9.17) is 0 Å². The fourth-order valence-electron chi connectivity index (χ4n) is 0. The zero-order chi connectivity index (χ0) is 0. The summed E-state index contributed by atoms with van der Waals surface area (Å²) in [6, 6.07) is 0. The van der Waals surface area contributed by atoms with Gasteiger partial charge in [-0.1, -0.05) is 0 Å². The molecule has 5 heavy (non-hydrogen) atoms. The van der Waals surface area contributed by atoms with E-state index < -0.39 is 0 Å². The van der Waals surface area contributed by atoms with Crippen molar-refractivity contribution in [3.05, 3.63) is 0 Å². The minimum atomic E-state index is 0. The molecule has 0 aromatic heterocycles. The average molecular weight is 480 g/mol. The third-order valence-electron chi connectivity index (χ3n) is 0. The first-order valence-electron chi connectivity index (χ1n) is 0. The second-order valence-electron chi connectivity index (χ2n) is 0. The molecule has 0 aliphatic heterocycles. The summed E-state index contributed by atoms with van der Waals surface area (Å²) in [5.74, 6) is 0. The van der Waals surface area contributed by atoms with Gasteiger partial charge in [-0.05, 0) is 0 Å². The molecule has 2 unspecified atom stereocenters. The van der Waals surface area contributed by atoms with Crippen LogP contribution in [-0.2, 0) is 0 Å². The molecular formula is H6Ba3P2. The molecule has 22 valence electrons. The summed E-state index contributed by atoms with van der Waals surface area (Å²) in [7, 11) is 0. The third kappa shape index (κ3) is 17.7. The van der Waals surface area contributed by atoms with Gasteiger partial charge in [-0.2, -0.15) is 19.8 Å². The molecule has 0 aromatic rings. The minimum Gasteiger partial charge on any atom is -0.153 e. The second-order valence-corrected chi connectivity index (χ2v) is 0. The van der Waals surface area contributed by atoms with Crippen LogP contribution in [0, 0.1) is 0 Å². The van der Waals surface area contributed by atoms with Crippen LogP contribution >= 0.6 is 19.8 Å². The summed E-state index contributed by atoms with van der Waals surface area (Å²) in [5, 5.41) is 0. The number of rotatable bonds is 0. The van der Waals surface area contributed by atoms with Crippen LogP contribution in [0.2, 0.25) is 0 Å². The average Bonchev–Trinajstić information content (AvgIpc) is 0. The van der Waals surface area contributed by atoms with Crippen molar-refractivity contribution in [1.82, 2.24) is 0 Å².